The summed E-state index contributed by atoms with van der Waals surface area (Å²) in [7, 11) is 0. The minimum atomic E-state index is -0.840. The summed E-state index contributed by atoms with van der Waals surface area (Å²) in [5.41, 5.74) is 0.913. The fraction of sp³-hybridized carbons (Fsp3) is 0.235. The Labute approximate surface area is 121 Å². The molecule has 2 aromatic rings. The normalized spacial score (nSPS) is 16.5. The summed E-state index contributed by atoms with van der Waals surface area (Å²) in [6.45, 7) is 3.44. The smallest absolute Gasteiger partial charge is 0.198 e. The maximum Gasteiger partial charge on any atom is 0.198 e. The first-order chi connectivity index (χ1) is 9.97. The summed E-state index contributed by atoms with van der Waals surface area (Å²) in [6.07, 6.45) is 0.743. The van der Waals surface area contributed by atoms with Gasteiger partial charge in [-0.1, -0.05) is 6.07 Å². The molecular weight excluding hydrogens is 274 g/mol. The maximum atomic E-state index is 14.0. The minimum Gasteiger partial charge on any atom is -0.490 e. The van der Waals surface area contributed by atoms with Gasteiger partial charge >= 0.3 is 0 Å². The number of halogens is 2. The molecule has 0 aliphatic carbocycles. The lowest BCUT2D eigenvalue weighted by Crippen LogP contribution is -2.09. The highest BCUT2D eigenvalue weighted by Crippen LogP contribution is 2.30. The third-order valence-corrected chi connectivity index (χ3v) is 3.67. The van der Waals surface area contributed by atoms with Crippen LogP contribution in [0.1, 0.15) is 34.0 Å². The van der Waals surface area contributed by atoms with Gasteiger partial charge < -0.3 is 4.74 Å². The van der Waals surface area contributed by atoms with Crippen molar-refractivity contribution in [2.24, 2.45) is 0 Å². The fourth-order valence-corrected chi connectivity index (χ4v) is 2.57. The summed E-state index contributed by atoms with van der Waals surface area (Å²) in [5.74, 6) is -1.56. The second kappa shape index (κ2) is 4.95. The number of ketones is 1. The Morgan fingerprint density at radius 2 is 2.00 bits per heavy atom. The number of aryl methyl sites for hydroxylation is 1. The van der Waals surface area contributed by atoms with Crippen LogP contribution in [0.15, 0.2) is 30.3 Å². The molecule has 4 heteroatoms. The van der Waals surface area contributed by atoms with Crippen molar-refractivity contribution in [3.63, 3.8) is 0 Å². The van der Waals surface area contributed by atoms with E-state index in [2.05, 4.69) is 0 Å². The van der Waals surface area contributed by atoms with Crippen molar-refractivity contribution in [3.8, 4) is 5.75 Å². The molecule has 0 fully saturated rings. The van der Waals surface area contributed by atoms with Crippen molar-refractivity contribution in [3.05, 3.63) is 64.2 Å². The summed E-state index contributed by atoms with van der Waals surface area (Å²) in [5, 5.41) is 0. The van der Waals surface area contributed by atoms with Crippen LogP contribution in [0.4, 0.5) is 8.78 Å². The number of benzene rings is 2. The van der Waals surface area contributed by atoms with Crippen LogP contribution in [0.5, 0.6) is 5.75 Å². The molecule has 0 saturated heterocycles. The highest BCUT2D eigenvalue weighted by Gasteiger charge is 2.24. The highest BCUT2D eigenvalue weighted by molar-refractivity contribution is 6.09. The van der Waals surface area contributed by atoms with E-state index in [1.807, 2.05) is 6.92 Å². The molecule has 0 spiro atoms. The maximum absolute atomic E-state index is 14.0. The van der Waals surface area contributed by atoms with Crippen LogP contribution in [0.25, 0.3) is 0 Å². The Balaban J connectivity index is 2.05. The van der Waals surface area contributed by atoms with Crippen LogP contribution >= 0.6 is 0 Å². The van der Waals surface area contributed by atoms with Crippen molar-refractivity contribution in [2.75, 3.05) is 0 Å². The van der Waals surface area contributed by atoms with E-state index in [1.54, 1.807) is 18.2 Å². The first kappa shape index (κ1) is 13.7. The molecule has 1 unspecified atom stereocenters. The Bertz CT molecular complexity index is 738. The number of hydrogen-bond acceptors (Lipinski definition) is 2. The zero-order valence-corrected chi connectivity index (χ0v) is 11.7. The zero-order valence-electron chi connectivity index (χ0n) is 11.7. The van der Waals surface area contributed by atoms with E-state index in [1.165, 1.54) is 13.0 Å². The molecule has 1 heterocycles. The van der Waals surface area contributed by atoms with Crippen molar-refractivity contribution < 1.29 is 18.3 Å². The largest absolute Gasteiger partial charge is 0.490 e. The van der Waals surface area contributed by atoms with E-state index < -0.39 is 23.0 Å². The lowest BCUT2D eigenvalue weighted by atomic mass is 9.98. The molecule has 1 atom stereocenters. The third kappa shape index (κ3) is 2.31. The molecule has 0 amide bonds. The predicted molar refractivity (Wildman–Crippen MR) is 74.8 cm³/mol. The second-order valence-electron chi connectivity index (χ2n) is 5.34. The van der Waals surface area contributed by atoms with Gasteiger partial charge in [0.1, 0.15) is 23.5 Å². The molecule has 0 radical (unpaired) electrons. The minimum absolute atomic E-state index is 0.0535. The second-order valence-corrected chi connectivity index (χ2v) is 5.34. The monoisotopic (exact) mass is 288 g/mol. The Morgan fingerprint density at radius 3 is 2.76 bits per heavy atom. The van der Waals surface area contributed by atoms with E-state index in [9.17, 15) is 13.6 Å². The quantitative estimate of drug-likeness (QED) is 0.785. The number of rotatable bonds is 2. The summed E-state index contributed by atoms with van der Waals surface area (Å²) < 4.78 is 33.4. The van der Waals surface area contributed by atoms with E-state index in [-0.39, 0.29) is 17.2 Å². The van der Waals surface area contributed by atoms with E-state index in [4.69, 9.17) is 4.74 Å². The van der Waals surface area contributed by atoms with Gasteiger partial charge in [-0.15, -0.1) is 0 Å². The average molecular weight is 288 g/mol. The van der Waals surface area contributed by atoms with Crippen LogP contribution in [0.2, 0.25) is 0 Å². The molecule has 1 aliphatic rings. The third-order valence-electron chi connectivity index (χ3n) is 3.67. The van der Waals surface area contributed by atoms with Gasteiger partial charge in [-0.2, -0.15) is 0 Å². The Morgan fingerprint density at radius 1 is 1.24 bits per heavy atom. The molecule has 2 nitrogen and oxygen atoms in total. The summed E-state index contributed by atoms with van der Waals surface area (Å²) >= 11 is 0. The number of carbonyl (C=O) groups is 1. The van der Waals surface area contributed by atoms with Crippen molar-refractivity contribution >= 4 is 5.78 Å². The van der Waals surface area contributed by atoms with Crippen LogP contribution in [-0.4, -0.2) is 11.9 Å². The number of fused-ring (bicyclic) bond motifs is 1. The number of carbonyl (C=O) groups excluding carboxylic acids is 1. The van der Waals surface area contributed by atoms with Crippen molar-refractivity contribution in [1.82, 2.24) is 0 Å². The van der Waals surface area contributed by atoms with Crippen LogP contribution in [0, 0.1) is 18.6 Å². The van der Waals surface area contributed by atoms with Gasteiger partial charge in [0.15, 0.2) is 5.78 Å². The van der Waals surface area contributed by atoms with Gasteiger partial charge in [0.05, 0.1) is 5.56 Å². The lowest BCUT2D eigenvalue weighted by Gasteiger charge is -2.07. The summed E-state index contributed by atoms with van der Waals surface area (Å²) in [4.78, 5) is 12.4. The molecule has 0 bridgehead atoms. The molecule has 1 aliphatic heterocycles. The van der Waals surface area contributed by atoms with E-state index >= 15 is 0 Å². The molecule has 0 N–H and O–H groups in total. The van der Waals surface area contributed by atoms with Crippen LogP contribution in [0.3, 0.4) is 0 Å². The molecule has 0 aromatic heterocycles. The number of hydrogen-bond donors (Lipinski definition) is 0. The van der Waals surface area contributed by atoms with Crippen molar-refractivity contribution in [2.45, 2.75) is 26.4 Å². The topological polar surface area (TPSA) is 26.3 Å². The molecular formula is C17H14F2O2. The number of ether oxygens (including phenoxy) is 1. The standard InChI is InChI=1S/C17H14F2O2/c1-9-3-5-13(18)15(16(9)19)17(20)11-4-6-14-12(8-11)7-10(2)21-14/h3-6,8,10H,7H2,1-2H3. The van der Waals surface area contributed by atoms with E-state index in [0.29, 0.717) is 6.42 Å². The molecule has 108 valence electrons. The van der Waals surface area contributed by atoms with Crippen LogP contribution in [-0.2, 0) is 6.42 Å². The SMILES string of the molecule is Cc1ccc(F)c(C(=O)c2ccc3c(c2)CC(C)O3)c1F. The average Bonchev–Trinajstić information content (AvgIpc) is 2.82. The molecule has 0 saturated carbocycles. The van der Waals surface area contributed by atoms with E-state index in [0.717, 1.165) is 17.4 Å². The highest BCUT2D eigenvalue weighted by atomic mass is 19.1. The Kier molecular flexibility index (Phi) is 3.24. The van der Waals surface area contributed by atoms with Gasteiger partial charge in [-0.05, 0) is 49.2 Å². The first-order valence-corrected chi connectivity index (χ1v) is 6.76. The molecule has 2 aromatic carbocycles. The van der Waals surface area contributed by atoms with Crippen LogP contribution < -0.4 is 4.74 Å². The van der Waals surface area contributed by atoms with Gasteiger partial charge in [0.25, 0.3) is 0 Å². The molecule has 3 rings (SSSR count). The first-order valence-electron chi connectivity index (χ1n) is 6.76. The Hall–Kier alpha value is -2.23. The van der Waals surface area contributed by atoms with Gasteiger partial charge in [-0.25, -0.2) is 8.78 Å². The van der Waals surface area contributed by atoms with Gasteiger partial charge in [0.2, 0.25) is 0 Å². The molecule has 21 heavy (non-hydrogen) atoms. The van der Waals surface area contributed by atoms with Gasteiger partial charge in [0, 0.05) is 12.0 Å². The predicted octanol–water partition coefficient (Wildman–Crippen LogP) is 3.83. The van der Waals surface area contributed by atoms with Gasteiger partial charge in [-0.3, -0.25) is 4.79 Å². The fourth-order valence-electron chi connectivity index (χ4n) is 2.57. The van der Waals surface area contributed by atoms with Crippen molar-refractivity contribution in [1.29, 1.82) is 0 Å². The summed E-state index contributed by atoms with van der Waals surface area (Å²) in [6, 6.07) is 7.31. The zero-order chi connectivity index (χ0) is 15.1. The lowest BCUT2D eigenvalue weighted by molar-refractivity contribution is 0.103.